The fraction of sp³-hybridized carbons (Fsp3) is 0.176. The Bertz CT molecular complexity index is 762. The predicted molar refractivity (Wildman–Crippen MR) is 91.4 cm³/mol. The van der Waals surface area contributed by atoms with Gasteiger partial charge in [-0.25, -0.2) is 5.43 Å². The summed E-state index contributed by atoms with van der Waals surface area (Å²) in [5, 5.41) is 6.21. The van der Waals surface area contributed by atoms with Crippen molar-refractivity contribution < 1.29 is 19.1 Å². The average Bonchev–Trinajstić information content (AvgIpc) is 2.66. The number of hydrogen-bond acceptors (Lipinski definition) is 6. The van der Waals surface area contributed by atoms with Crippen molar-refractivity contribution in [2.24, 2.45) is 5.10 Å². The summed E-state index contributed by atoms with van der Waals surface area (Å²) >= 11 is 0. The molecule has 0 aliphatic rings. The first-order valence-corrected chi connectivity index (χ1v) is 7.37. The van der Waals surface area contributed by atoms with Crippen LogP contribution < -0.4 is 20.2 Å². The second-order valence-corrected chi connectivity index (χ2v) is 4.82. The SMILES string of the molecule is COc1ccc(/C=N/NC(=O)C(=O)NCc2ccccn2)cc1OC. The molecule has 8 heteroatoms. The second-order valence-electron chi connectivity index (χ2n) is 4.82. The molecule has 0 spiro atoms. The van der Waals surface area contributed by atoms with E-state index in [-0.39, 0.29) is 6.54 Å². The topological polar surface area (TPSA) is 102 Å². The number of amides is 2. The van der Waals surface area contributed by atoms with Gasteiger partial charge in [0.1, 0.15) is 0 Å². The molecule has 0 bridgehead atoms. The number of hydrazone groups is 1. The minimum absolute atomic E-state index is 0.159. The van der Waals surface area contributed by atoms with Crippen LogP contribution in [0.1, 0.15) is 11.3 Å². The molecule has 130 valence electrons. The minimum Gasteiger partial charge on any atom is -0.493 e. The van der Waals surface area contributed by atoms with Gasteiger partial charge in [-0.3, -0.25) is 14.6 Å². The zero-order chi connectivity index (χ0) is 18.1. The van der Waals surface area contributed by atoms with Gasteiger partial charge in [-0.2, -0.15) is 5.10 Å². The molecule has 1 aromatic heterocycles. The van der Waals surface area contributed by atoms with Crippen molar-refractivity contribution >= 4 is 18.0 Å². The van der Waals surface area contributed by atoms with E-state index in [0.717, 1.165) is 0 Å². The molecule has 0 atom stereocenters. The number of rotatable bonds is 6. The highest BCUT2D eigenvalue weighted by Crippen LogP contribution is 2.26. The average molecular weight is 342 g/mol. The Morgan fingerprint density at radius 1 is 1.12 bits per heavy atom. The summed E-state index contributed by atoms with van der Waals surface area (Å²) < 4.78 is 10.3. The first-order chi connectivity index (χ1) is 12.1. The lowest BCUT2D eigenvalue weighted by atomic mass is 10.2. The molecule has 0 radical (unpaired) electrons. The number of aromatic nitrogens is 1. The molecule has 0 saturated carbocycles. The predicted octanol–water partition coefficient (Wildman–Crippen LogP) is 0.865. The lowest BCUT2D eigenvalue weighted by Crippen LogP contribution is -2.37. The summed E-state index contributed by atoms with van der Waals surface area (Å²) in [5.74, 6) is -0.550. The Hall–Kier alpha value is -3.42. The highest BCUT2D eigenvalue weighted by atomic mass is 16.5. The van der Waals surface area contributed by atoms with Crippen molar-refractivity contribution in [3.05, 3.63) is 53.9 Å². The maximum atomic E-state index is 11.7. The van der Waals surface area contributed by atoms with E-state index in [2.05, 4.69) is 20.8 Å². The van der Waals surface area contributed by atoms with Crippen molar-refractivity contribution in [2.45, 2.75) is 6.54 Å². The van der Waals surface area contributed by atoms with Crippen LogP contribution in [0.15, 0.2) is 47.7 Å². The first kappa shape index (κ1) is 17.9. The quantitative estimate of drug-likeness (QED) is 0.461. The van der Waals surface area contributed by atoms with Crippen molar-refractivity contribution in [3.8, 4) is 11.5 Å². The van der Waals surface area contributed by atoms with Gasteiger partial charge in [0, 0.05) is 6.20 Å². The standard InChI is InChI=1S/C17H18N4O4/c1-24-14-7-6-12(9-15(14)25-2)10-20-21-17(23)16(22)19-11-13-5-3-4-8-18-13/h3-10H,11H2,1-2H3,(H,19,22)(H,21,23)/b20-10+. The highest BCUT2D eigenvalue weighted by molar-refractivity contribution is 6.35. The van der Waals surface area contributed by atoms with Crippen LogP contribution in [-0.4, -0.2) is 37.2 Å². The molecular weight excluding hydrogens is 324 g/mol. The Balaban J connectivity index is 1.86. The van der Waals surface area contributed by atoms with Crippen LogP contribution >= 0.6 is 0 Å². The van der Waals surface area contributed by atoms with Crippen LogP contribution in [0.2, 0.25) is 0 Å². The van der Waals surface area contributed by atoms with Crippen molar-refractivity contribution in [3.63, 3.8) is 0 Å². The van der Waals surface area contributed by atoms with Crippen molar-refractivity contribution in [2.75, 3.05) is 14.2 Å². The molecule has 0 fully saturated rings. The molecule has 2 N–H and O–H groups in total. The number of benzene rings is 1. The second kappa shape index (κ2) is 9.02. The Morgan fingerprint density at radius 2 is 1.92 bits per heavy atom. The van der Waals surface area contributed by atoms with Crippen LogP contribution in [0.4, 0.5) is 0 Å². The molecular formula is C17H18N4O4. The number of nitrogens with one attached hydrogen (secondary N) is 2. The van der Waals surface area contributed by atoms with Crippen LogP contribution in [-0.2, 0) is 16.1 Å². The van der Waals surface area contributed by atoms with E-state index in [1.165, 1.54) is 20.4 Å². The molecule has 2 aromatic rings. The summed E-state index contributed by atoms with van der Waals surface area (Å²) in [5.41, 5.74) is 3.48. The van der Waals surface area contributed by atoms with E-state index < -0.39 is 11.8 Å². The molecule has 8 nitrogen and oxygen atoms in total. The van der Waals surface area contributed by atoms with Crippen molar-refractivity contribution in [1.29, 1.82) is 0 Å². The van der Waals surface area contributed by atoms with Gasteiger partial charge in [0.2, 0.25) is 0 Å². The Morgan fingerprint density at radius 3 is 2.60 bits per heavy atom. The van der Waals surface area contributed by atoms with Gasteiger partial charge in [0.05, 0.1) is 32.7 Å². The summed E-state index contributed by atoms with van der Waals surface area (Å²) in [6, 6.07) is 10.4. The first-order valence-electron chi connectivity index (χ1n) is 7.37. The van der Waals surface area contributed by atoms with Crippen LogP contribution in [0.5, 0.6) is 11.5 Å². The lowest BCUT2D eigenvalue weighted by molar-refractivity contribution is -0.139. The normalized spacial score (nSPS) is 10.3. The molecule has 25 heavy (non-hydrogen) atoms. The molecule has 0 unspecified atom stereocenters. The Labute approximate surface area is 144 Å². The zero-order valence-electron chi connectivity index (χ0n) is 13.9. The molecule has 2 rings (SSSR count). The van der Waals surface area contributed by atoms with E-state index in [1.807, 2.05) is 0 Å². The van der Waals surface area contributed by atoms with E-state index in [4.69, 9.17) is 9.47 Å². The number of nitrogens with zero attached hydrogens (tertiary/aromatic N) is 2. The smallest absolute Gasteiger partial charge is 0.329 e. The molecule has 2 amide bonds. The fourth-order valence-corrected chi connectivity index (χ4v) is 1.90. The van der Waals surface area contributed by atoms with E-state index in [0.29, 0.717) is 22.8 Å². The third-order valence-electron chi connectivity index (χ3n) is 3.15. The van der Waals surface area contributed by atoms with Crippen LogP contribution in [0, 0.1) is 0 Å². The third-order valence-corrected chi connectivity index (χ3v) is 3.15. The number of hydrogen-bond donors (Lipinski definition) is 2. The summed E-state index contributed by atoms with van der Waals surface area (Å²) in [7, 11) is 3.06. The van der Waals surface area contributed by atoms with Gasteiger partial charge >= 0.3 is 11.8 Å². The Kier molecular flexibility index (Phi) is 6.47. The maximum Gasteiger partial charge on any atom is 0.329 e. The molecule has 0 aliphatic heterocycles. The van der Waals surface area contributed by atoms with Crippen molar-refractivity contribution in [1.82, 2.24) is 15.7 Å². The summed E-state index contributed by atoms with van der Waals surface area (Å²) in [4.78, 5) is 27.4. The summed E-state index contributed by atoms with van der Waals surface area (Å²) in [6.07, 6.45) is 3.00. The van der Waals surface area contributed by atoms with Gasteiger partial charge in [-0.05, 0) is 35.9 Å². The molecule has 0 saturated heterocycles. The zero-order valence-corrected chi connectivity index (χ0v) is 13.9. The van der Waals surface area contributed by atoms with Gasteiger partial charge in [0.25, 0.3) is 0 Å². The number of carbonyl (C=O) groups excluding carboxylic acids is 2. The van der Waals surface area contributed by atoms with Crippen LogP contribution in [0.3, 0.4) is 0 Å². The van der Waals surface area contributed by atoms with Gasteiger partial charge in [0.15, 0.2) is 11.5 Å². The van der Waals surface area contributed by atoms with Gasteiger partial charge < -0.3 is 14.8 Å². The van der Waals surface area contributed by atoms with Gasteiger partial charge in [-0.1, -0.05) is 6.07 Å². The van der Waals surface area contributed by atoms with E-state index in [1.54, 1.807) is 42.6 Å². The van der Waals surface area contributed by atoms with Gasteiger partial charge in [-0.15, -0.1) is 0 Å². The number of methoxy groups -OCH3 is 2. The van der Waals surface area contributed by atoms with E-state index >= 15 is 0 Å². The number of carbonyl (C=O) groups is 2. The fourth-order valence-electron chi connectivity index (χ4n) is 1.90. The monoisotopic (exact) mass is 342 g/mol. The molecule has 0 aliphatic carbocycles. The molecule has 1 aromatic carbocycles. The summed E-state index contributed by atoms with van der Waals surface area (Å²) in [6.45, 7) is 0.159. The number of pyridine rings is 1. The van der Waals surface area contributed by atoms with Crippen LogP contribution in [0.25, 0.3) is 0 Å². The lowest BCUT2D eigenvalue weighted by Gasteiger charge is -2.07. The number of ether oxygens (including phenoxy) is 2. The molecule has 1 heterocycles. The van der Waals surface area contributed by atoms with E-state index in [9.17, 15) is 9.59 Å². The minimum atomic E-state index is -0.868. The maximum absolute atomic E-state index is 11.7. The largest absolute Gasteiger partial charge is 0.493 e. The third kappa shape index (κ3) is 5.31. The highest BCUT2D eigenvalue weighted by Gasteiger charge is 2.12.